The SMILES string of the molecule is Cc1cc(C(=O)OCC(=O)Nc2cc(C(F)(F)F)ccc2-n2cncn2)ccn1. The van der Waals surface area contributed by atoms with Crippen molar-refractivity contribution in [3.05, 3.63) is 66.0 Å². The lowest BCUT2D eigenvalue weighted by Crippen LogP contribution is -2.22. The number of aromatic nitrogens is 4. The van der Waals surface area contributed by atoms with E-state index in [0.717, 1.165) is 18.2 Å². The lowest BCUT2D eigenvalue weighted by Gasteiger charge is -2.14. The number of ether oxygens (including phenoxy) is 1. The predicted octanol–water partition coefficient (Wildman–Crippen LogP) is 2.79. The van der Waals surface area contributed by atoms with Gasteiger partial charge in [0.2, 0.25) is 0 Å². The molecule has 0 aliphatic heterocycles. The molecule has 2 heterocycles. The standard InChI is InChI=1S/C18H14F3N5O3/c1-11-6-12(4-5-23-11)17(28)29-8-16(27)25-14-7-13(18(19,20)21)2-3-15(14)26-10-22-9-24-26/h2-7,9-10H,8H2,1H3,(H,25,27). The van der Waals surface area contributed by atoms with Crippen LogP contribution in [-0.4, -0.2) is 38.2 Å². The zero-order valence-corrected chi connectivity index (χ0v) is 15.0. The number of rotatable bonds is 5. The minimum absolute atomic E-state index is 0.161. The summed E-state index contributed by atoms with van der Waals surface area (Å²) in [6, 6.07) is 5.68. The molecule has 2 aromatic heterocycles. The predicted molar refractivity (Wildman–Crippen MR) is 94.2 cm³/mol. The lowest BCUT2D eigenvalue weighted by atomic mass is 10.1. The number of anilines is 1. The van der Waals surface area contributed by atoms with Gasteiger partial charge in [-0.15, -0.1) is 0 Å². The van der Waals surface area contributed by atoms with Gasteiger partial charge in [0.25, 0.3) is 5.91 Å². The summed E-state index contributed by atoms with van der Waals surface area (Å²) in [6.07, 6.45) is -0.725. The molecule has 0 saturated carbocycles. The van der Waals surface area contributed by atoms with Crippen molar-refractivity contribution in [1.82, 2.24) is 19.7 Å². The fraction of sp³-hybridized carbons (Fsp3) is 0.167. The molecule has 29 heavy (non-hydrogen) atoms. The van der Waals surface area contributed by atoms with Gasteiger partial charge in [-0.2, -0.15) is 18.3 Å². The highest BCUT2D eigenvalue weighted by Gasteiger charge is 2.31. The Kier molecular flexibility index (Phi) is 5.57. The van der Waals surface area contributed by atoms with Crippen LogP contribution in [0.1, 0.15) is 21.6 Å². The van der Waals surface area contributed by atoms with Crippen LogP contribution in [0.25, 0.3) is 5.69 Å². The van der Waals surface area contributed by atoms with E-state index < -0.39 is 30.2 Å². The monoisotopic (exact) mass is 405 g/mol. The van der Waals surface area contributed by atoms with E-state index in [1.54, 1.807) is 6.92 Å². The van der Waals surface area contributed by atoms with Crippen molar-refractivity contribution < 1.29 is 27.5 Å². The summed E-state index contributed by atoms with van der Waals surface area (Å²) in [4.78, 5) is 31.8. The van der Waals surface area contributed by atoms with Gasteiger partial charge < -0.3 is 10.1 Å². The van der Waals surface area contributed by atoms with Gasteiger partial charge in [-0.25, -0.2) is 14.5 Å². The molecule has 0 bridgehead atoms. The number of hydrogen-bond acceptors (Lipinski definition) is 6. The number of halogens is 3. The third kappa shape index (κ3) is 4.94. The van der Waals surface area contributed by atoms with Crippen LogP contribution in [0.5, 0.6) is 0 Å². The van der Waals surface area contributed by atoms with Crippen LogP contribution in [0, 0.1) is 6.92 Å². The molecule has 3 rings (SSSR count). The van der Waals surface area contributed by atoms with Crippen molar-refractivity contribution in [3.8, 4) is 5.69 Å². The summed E-state index contributed by atoms with van der Waals surface area (Å²) < 4.78 is 45.2. The Labute approximate surface area is 162 Å². The first kappa shape index (κ1) is 20.0. The van der Waals surface area contributed by atoms with Gasteiger partial charge in [-0.3, -0.25) is 9.78 Å². The van der Waals surface area contributed by atoms with Crippen LogP contribution in [0.2, 0.25) is 0 Å². The molecule has 0 fully saturated rings. The van der Waals surface area contributed by atoms with Crippen molar-refractivity contribution in [2.24, 2.45) is 0 Å². The van der Waals surface area contributed by atoms with Crippen molar-refractivity contribution >= 4 is 17.6 Å². The van der Waals surface area contributed by atoms with Crippen LogP contribution >= 0.6 is 0 Å². The fourth-order valence-electron chi connectivity index (χ4n) is 2.42. The van der Waals surface area contributed by atoms with Crippen molar-refractivity contribution in [2.45, 2.75) is 13.1 Å². The summed E-state index contributed by atoms with van der Waals surface area (Å²) >= 11 is 0. The molecule has 0 radical (unpaired) electrons. The first-order valence-corrected chi connectivity index (χ1v) is 8.20. The second-order valence-corrected chi connectivity index (χ2v) is 5.88. The minimum atomic E-state index is -4.61. The van der Waals surface area contributed by atoms with E-state index in [2.05, 4.69) is 20.4 Å². The molecule has 0 aliphatic carbocycles. The lowest BCUT2D eigenvalue weighted by molar-refractivity contribution is -0.137. The molecule has 0 aliphatic rings. The van der Waals surface area contributed by atoms with E-state index in [1.807, 2.05) is 0 Å². The number of carbonyl (C=O) groups excluding carboxylic acids is 2. The van der Waals surface area contributed by atoms with Crippen molar-refractivity contribution in [3.63, 3.8) is 0 Å². The van der Waals surface area contributed by atoms with Gasteiger partial charge in [0.05, 0.1) is 22.5 Å². The molecule has 1 amide bonds. The van der Waals surface area contributed by atoms with E-state index in [-0.39, 0.29) is 16.9 Å². The molecule has 1 N–H and O–H groups in total. The second-order valence-electron chi connectivity index (χ2n) is 5.88. The number of carbonyl (C=O) groups is 2. The Morgan fingerprint density at radius 2 is 2.00 bits per heavy atom. The van der Waals surface area contributed by atoms with Gasteiger partial charge in [-0.05, 0) is 37.3 Å². The van der Waals surface area contributed by atoms with Gasteiger partial charge in [0, 0.05) is 11.9 Å². The smallest absolute Gasteiger partial charge is 0.416 e. The van der Waals surface area contributed by atoms with Crippen LogP contribution in [-0.2, 0) is 15.7 Å². The van der Waals surface area contributed by atoms with Crippen LogP contribution in [0.3, 0.4) is 0 Å². The van der Waals surface area contributed by atoms with E-state index in [9.17, 15) is 22.8 Å². The third-order valence-corrected chi connectivity index (χ3v) is 3.73. The van der Waals surface area contributed by atoms with Gasteiger partial charge in [-0.1, -0.05) is 0 Å². The maximum absolute atomic E-state index is 13.0. The van der Waals surface area contributed by atoms with Gasteiger partial charge in [0.15, 0.2) is 6.61 Å². The Hall–Kier alpha value is -3.76. The van der Waals surface area contributed by atoms with E-state index in [0.29, 0.717) is 5.69 Å². The number of hydrogen-bond donors (Lipinski definition) is 1. The number of amides is 1. The molecular formula is C18H14F3N5O3. The first-order valence-electron chi connectivity index (χ1n) is 8.20. The Morgan fingerprint density at radius 3 is 2.66 bits per heavy atom. The van der Waals surface area contributed by atoms with Crippen LogP contribution < -0.4 is 5.32 Å². The number of nitrogens with zero attached hydrogens (tertiary/aromatic N) is 4. The van der Waals surface area contributed by atoms with Crippen LogP contribution in [0.15, 0.2) is 49.2 Å². The summed E-state index contributed by atoms with van der Waals surface area (Å²) in [6.45, 7) is 0.996. The topological polar surface area (TPSA) is 99.0 Å². The second kappa shape index (κ2) is 8.09. The molecule has 0 unspecified atom stereocenters. The van der Waals surface area contributed by atoms with Crippen molar-refractivity contribution in [1.29, 1.82) is 0 Å². The average Bonchev–Trinajstić information content (AvgIpc) is 3.20. The Bertz CT molecular complexity index is 1040. The van der Waals surface area contributed by atoms with Gasteiger partial charge in [0.1, 0.15) is 12.7 Å². The molecule has 3 aromatic rings. The molecule has 0 atom stereocenters. The minimum Gasteiger partial charge on any atom is -0.452 e. The van der Waals surface area contributed by atoms with E-state index in [4.69, 9.17) is 4.74 Å². The van der Waals surface area contributed by atoms with Gasteiger partial charge >= 0.3 is 12.1 Å². The summed E-state index contributed by atoms with van der Waals surface area (Å²) in [5.74, 6) is -1.57. The molecular weight excluding hydrogens is 391 g/mol. The Balaban J connectivity index is 1.75. The molecule has 0 spiro atoms. The van der Waals surface area contributed by atoms with E-state index >= 15 is 0 Å². The number of pyridine rings is 1. The first-order chi connectivity index (χ1) is 13.7. The molecule has 11 heteroatoms. The summed E-state index contributed by atoms with van der Waals surface area (Å²) in [5.41, 5.74) is -0.162. The summed E-state index contributed by atoms with van der Waals surface area (Å²) in [7, 11) is 0. The average molecular weight is 405 g/mol. The maximum atomic E-state index is 13.0. The quantitative estimate of drug-likeness (QED) is 0.656. The molecule has 0 saturated heterocycles. The number of esters is 1. The molecule has 150 valence electrons. The van der Waals surface area contributed by atoms with Crippen molar-refractivity contribution in [2.75, 3.05) is 11.9 Å². The molecule has 1 aromatic carbocycles. The molecule has 8 nitrogen and oxygen atoms in total. The zero-order valence-electron chi connectivity index (χ0n) is 15.0. The highest BCUT2D eigenvalue weighted by Crippen LogP contribution is 2.33. The highest BCUT2D eigenvalue weighted by atomic mass is 19.4. The zero-order chi connectivity index (χ0) is 21.0. The third-order valence-electron chi connectivity index (χ3n) is 3.73. The fourth-order valence-corrected chi connectivity index (χ4v) is 2.42. The largest absolute Gasteiger partial charge is 0.452 e. The number of aryl methyl sites for hydroxylation is 1. The number of benzene rings is 1. The normalized spacial score (nSPS) is 11.2. The van der Waals surface area contributed by atoms with E-state index in [1.165, 1.54) is 35.7 Å². The maximum Gasteiger partial charge on any atom is 0.416 e. The highest BCUT2D eigenvalue weighted by molar-refractivity contribution is 5.96. The number of alkyl halides is 3. The number of nitrogens with one attached hydrogen (secondary N) is 1. The summed E-state index contributed by atoms with van der Waals surface area (Å²) in [5, 5.41) is 6.16. The van der Waals surface area contributed by atoms with Crippen LogP contribution in [0.4, 0.5) is 18.9 Å². The Morgan fingerprint density at radius 1 is 1.21 bits per heavy atom.